The lowest BCUT2D eigenvalue weighted by atomic mass is 10.0. The molecule has 0 aromatic heterocycles. The minimum Gasteiger partial charge on any atom is -0.369 e. The van der Waals surface area contributed by atoms with Crippen LogP contribution in [-0.4, -0.2) is 44.0 Å². The normalized spacial score (nSPS) is 15.1. The topological polar surface area (TPSA) is 35.6 Å². The predicted octanol–water partition coefficient (Wildman–Crippen LogP) is 3.63. The van der Waals surface area contributed by atoms with Gasteiger partial charge in [0.15, 0.2) is 0 Å². The standard InChI is InChI=1S/C22H29N3O/c1-17-4-5-19(18(2)16-17)6-11-22(26)23-20-7-9-21(10-8-20)25-14-12-24(3)13-15-25/h4-5,7-10,16H,6,11-15H2,1-3H3,(H,23,26). The lowest BCUT2D eigenvalue weighted by Gasteiger charge is -2.34. The number of hydrogen-bond donors (Lipinski definition) is 1. The zero-order valence-corrected chi connectivity index (χ0v) is 16.1. The first-order chi connectivity index (χ1) is 12.5. The van der Waals surface area contributed by atoms with Gasteiger partial charge in [-0.05, 0) is 62.7 Å². The number of aryl methyl sites for hydroxylation is 3. The molecule has 1 aliphatic rings. The Morgan fingerprint density at radius 3 is 2.35 bits per heavy atom. The van der Waals surface area contributed by atoms with Gasteiger partial charge >= 0.3 is 0 Å². The molecule has 0 atom stereocenters. The lowest BCUT2D eigenvalue weighted by Crippen LogP contribution is -2.44. The number of nitrogens with one attached hydrogen (secondary N) is 1. The van der Waals surface area contributed by atoms with E-state index < -0.39 is 0 Å². The molecular weight excluding hydrogens is 322 g/mol. The number of carbonyl (C=O) groups is 1. The molecule has 1 heterocycles. The molecule has 138 valence electrons. The van der Waals surface area contributed by atoms with Gasteiger partial charge in [-0.2, -0.15) is 0 Å². The molecule has 26 heavy (non-hydrogen) atoms. The van der Waals surface area contributed by atoms with Gasteiger partial charge in [-0.25, -0.2) is 0 Å². The summed E-state index contributed by atoms with van der Waals surface area (Å²) in [5.41, 5.74) is 5.86. The van der Waals surface area contributed by atoms with Crippen molar-refractivity contribution in [2.45, 2.75) is 26.7 Å². The van der Waals surface area contributed by atoms with Crippen molar-refractivity contribution in [1.29, 1.82) is 0 Å². The van der Waals surface area contributed by atoms with Crippen molar-refractivity contribution in [3.8, 4) is 0 Å². The van der Waals surface area contributed by atoms with Gasteiger partial charge in [-0.1, -0.05) is 23.8 Å². The molecule has 3 rings (SSSR count). The Labute approximate surface area is 156 Å². The minimum atomic E-state index is 0.0670. The van der Waals surface area contributed by atoms with E-state index in [9.17, 15) is 4.79 Å². The number of hydrogen-bond acceptors (Lipinski definition) is 3. The molecule has 2 aromatic rings. The molecule has 0 aliphatic carbocycles. The fourth-order valence-corrected chi connectivity index (χ4v) is 3.42. The number of rotatable bonds is 5. The lowest BCUT2D eigenvalue weighted by molar-refractivity contribution is -0.116. The highest BCUT2D eigenvalue weighted by Gasteiger charge is 2.14. The van der Waals surface area contributed by atoms with Crippen LogP contribution in [0.1, 0.15) is 23.1 Å². The smallest absolute Gasteiger partial charge is 0.224 e. The number of amides is 1. The van der Waals surface area contributed by atoms with E-state index in [1.165, 1.54) is 22.4 Å². The van der Waals surface area contributed by atoms with Gasteiger partial charge in [0.25, 0.3) is 0 Å². The maximum absolute atomic E-state index is 12.3. The summed E-state index contributed by atoms with van der Waals surface area (Å²) in [5.74, 6) is 0.0670. The molecule has 2 aromatic carbocycles. The zero-order valence-electron chi connectivity index (χ0n) is 16.1. The minimum absolute atomic E-state index is 0.0670. The molecule has 1 fully saturated rings. The van der Waals surface area contributed by atoms with Crippen molar-refractivity contribution in [3.63, 3.8) is 0 Å². The van der Waals surface area contributed by atoms with E-state index in [2.05, 4.69) is 66.3 Å². The largest absolute Gasteiger partial charge is 0.369 e. The Hall–Kier alpha value is -2.33. The second-order valence-electron chi connectivity index (χ2n) is 7.32. The summed E-state index contributed by atoms with van der Waals surface area (Å²) in [7, 11) is 2.16. The first-order valence-electron chi connectivity index (χ1n) is 9.41. The maximum atomic E-state index is 12.3. The number of piperazine rings is 1. The van der Waals surface area contributed by atoms with Crippen LogP contribution in [0.15, 0.2) is 42.5 Å². The van der Waals surface area contributed by atoms with E-state index in [4.69, 9.17) is 0 Å². The molecule has 1 aliphatic heterocycles. The van der Waals surface area contributed by atoms with E-state index in [0.717, 1.165) is 38.3 Å². The average molecular weight is 351 g/mol. The van der Waals surface area contributed by atoms with Crippen LogP contribution in [0.3, 0.4) is 0 Å². The van der Waals surface area contributed by atoms with Crippen molar-refractivity contribution in [3.05, 3.63) is 59.2 Å². The molecule has 4 nitrogen and oxygen atoms in total. The number of benzene rings is 2. The van der Waals surface area contributed by atoms with Crippen LogP contribution in [0.4, 0.5) is 11.4 Å². The first-order valence-corrected chi connectivity index (χ1v) is 9.41. The van der Waals surface area contributed by atoms with Crippen molar-refractivity contribution < 1.29 is 4.79 Å². The molecule has 0 unspecified atom stereocenters. The summed E-state index contributed by atoms with van der Waals surface area (Å²) in [6.07, 6.45) is 1.28. The molecule has 0 spiro atoms. The molecular formula is C22H29N3O. The molecule has 0 radical (unpaired) electrons. The van der Waals surface area contributed by atoms with Crippen molar-refractivity contribution in [2.75, 3.05) is 43.4 Å². The van der Waals surface area contributed by atoms with Crippen molar-refractivity contribution in [2.24, 2.45) is 0 Å². The molecule has 0 bridgehead atoms. The third kappa shape index (κ3) is 4.85. The van der Waals surface area contributed by atoms with Crippen LogP contribution in [0.2, 0.25) is 0 Å². The molecule has 1 N–H and O–H groups in total. The van der Waals surface area contributed by atoms with Crippen LogP contribution in [-0.2, 0) is 11.2 Å². The fraction of sp³-hybridized carbons (Fsp3) is 0.409. The van der Waals surface area contributed by atoms with Gasteiger partial charge in [0, 0.05) is 44.0 Å². The third-order valence-electron chi connectivity index (χ3n) is 5.14. The van der Waals surface area contributed by atoms with Crippen molar-refractivity contribution >= 4 is 17.3 Å². The van der Waals surface area contributed by atoms with Gasteiger partial charge in [0.2, 0.25) is 5.91 Å². The van der Waals surface area contributed by atoms with Crippen LogP contribution in [0.25, 0.3) is 0 Å². The molecule has 4 heteroatoms. The van der Waals surface area contributed by atoms with Crippen LogP contribution in [0.5, 0.6) is 0 Å². The quantitative estimate of drug-likeness (QED) is 0.893. The Kier molecular flexibility index (Phi) is 5.94. The Morgan fingerprint density at radius 1 is 1.00 bits per heavy atom. The van der Waals surface area contributed by atoms with Gasteiger partial charge in [-0.3, -0.25) is 4.79 Å². The van der Waals surface area contributed by atoms with E-state index >= 15 is 0 Å². The highest BCUT2D eigenvalue weighted by molar-refractivity contribution is 5.91. The third-order valence-corrected chi connectivity index (χ3v) is 5.14. The Bertz CT molecular complexity index is 746. The van der Waals surface area contributed by atoms with Crippen LogP contribution in [0, 0.1) is 13.8 Å². The molecule has 1 amide bonds. The van der Waals surface area contributed by atoms with Crippen LogP contribution >= 0.6 is 0 Å². The van der Waals surface area contributed by atoms with Gasteiger partial charge in [0.1, 0.15) is 0 Å². The van der Waals surface area contributed by atoms with Gasteiger partial charge in [-0.15, -0.1) is 0 Å². The maximum Gasteiger partial charge on any atom is 0.224 e. The monoisotopic (exact) mass is 351 g/mol. The van der Waals surface area contributed by atoms with E-state index in [1.54, 1.807) is 0 Å². The molecule has 1 saturated heterocycles. The second-order valence-corrected chi connectivity index (χ2v) is 7.32. The SMILES string of the molecule is Cc1ccc(CCC(=O)Nc2ccc(N3CCN(C)CC3)cc2)c(C)c1. The van der Waals surface area contributed by atoms with Crippen LogP contribution < -0.4 is 10.2 Å². The first kappa shape index (κ1) is 18.5. The van der Waals surface area contributed by atoms with Crippen molar-refractivity contribution in [1.82, 2.24) is 4.90 Å². The predicted molar refractivity (Wildman–Crippen MR) is 109 cm³/mol. The Morgan fingerprint density at radius 2 is 1.69 bits per heavy atom. The van der Waals surface area contributed by atoms with E-state index in [-0.39, 0.29) is 5.91 Å². The summed E-state index contributed by atoms with van der Waals surface area (Å²) in [6.45, 7) is 8.50. The summed E-state index contributed by atoms with van der Waals surface area (Å²) in [4.78, 5) is 17.0. The van der Waals surface area contributed by atoms with E-state index in [0.29, 0.717) is 6.42 Å². The Balaban J connectivity index is 1.51. The number of anilines is 2. The summed E-state index contributed by atoms with van der Waals surface area (Å²) < 4.78 is 0. The summed E-state index contributed by atoms with van der Waals surface area (Å²) >= 11 is 0. The molecule has 0 saturated carbocycles. The number of carbonyl (C=O) groups excluding carboxylic acids is 1. The summed E-state index contributed by atoms with van der Waals surface area (Å²) in [6, 6.07) is 14.6. The highest BCUT2D eigenvalue weighted by atomic mass is 16.1. The fourth-order valence-electron chi connectivity index (χ4n) is 3.42. The van der Waals surface area contributed by atoms with E-state index in [1.807, 2.05) is 12.1 Å². The zero-order chi connectivity index (χ0) is 18.5. The average Bonchev–Trinajstić information content (AvgIpc) is 2.62. The number of likely N-dealkylation sites (N-methyl/N-ethyl adjacent to an activating group) is 1. The van der Waals surface area contributed by atoms with Gasteiger partial charge in [0.05, 0.1) is 0 Å². The summed E-state index contributed by atoms with van der Waals surface area (Å²) in [5, 5.41) is 3.01. The van der Waals surface area contributed by atoms with Gasteiger partial charge < -0.3 is 15.1 Å². The number of nitrogens with zero attached hydrogens (tertiary/aromatic N) is 2. The highest BCUT2D eigenvalue weighted by Crippen LogP contribution is 2.20. The second kappa shape index (κ2) is 8.37.